The number of nitrogens with zero attached hydrogens (tertiary/aromatic N) is 1. The molecular weight excluding hydrogens is 278 g/mol. The molecule has 0 radical (unpaired) electrons. The second-order valence-electron chi connectivity index (χ2n) is 5.05. The second-order valence-corrected chi connectivity index (χ2v) is 7.01. The number of hydrogen-bond acceptors (Lipinski definition) is 5. The van der Waals surface area contributed by atoms with E-state index in [1.807, 2.05) is 6.92 Å². The number of carbonyl (C=O) groups is 1. The van der Waals surface area contributed by atoms with E-state index in [0.717, 1.165) is 0 Å². The minimum absolute atomic E-state index is 0.0687. The van der Waals surface area contributed by atoms with Crippen molar-refractivity contribution in [1.29, 1.82) is 5.26 Å². The van der Waals surface area contributed by atoms with Crippen LogP contribution >= 0.6 is 0 Å². The molecule has 0 aliphatic carbocycles. The minimum atomic E-state index is -3.54. The van der Waals surface area contributed by atoms with E-state index in [1.165, 1.54) is 13.2 Å². The van der Waals surface area contributed by atoms with E-state index in [2.05, 4.69) is 10.8 Å². The maximum absolute atomic E-state index is 12.2. The van der Waals surface area contributed by atoms with Gasteiger partial charge in [0.15, 0.2) is 9.84 Å². The van der Waals surface area contributed by atoms with Gasteiger partial charge in [-0.15, -0.1) is 0 Å². The Kier molecular flexibility index (Phi) is 3.34. The lowest BCUT2D eigenvalue weighted by molar-refractivity contribution is 0.0599. The molecule has 0 aromatic heterocycles. The number of esters is 1. The fourth-order valence-corrected chi connectivity index (χ4v) is 4.59. The summed E-state index contributed by atoms with van der Waals surface area (Å²) < 4.78 is 29.1. The number of ether oxygens (including phenoxy) is 1. The monoisotopic (exact) mass is 293 g/mol. The van der Waals surface area contributed by atoms with Gasteiger partial charge in [-0.1, -0.05) is 13.0 Å². The third-order valence-corrected chi connectivity index (χ3v) is 5.61. The van der Waals surface area contributed by atoms with Crippen LogP contribution in [0, 0.1) is 11.3 Å². The van der Waals surface area contributed by atoms with E-state index in [1.54, 1.807) is 13.0 Å². The molecular formula is C14H15NO4S. The van der Waals surface area contributed by atoms with Crippen LogP contribution in [0.25, 0.3) is 0 Å². The van der Waals surface area contributed by atoms with Crippen molar-refractivity contribution in [1.82, 2.24) is 0 Å². The second kappa shape index (κ2) is 4.60. The molecule has 1 aliphatic rings. The maximum atomic E-state index is 12.2. The molecule has 1 aromatic carbocycles. The number of benzene rings is 1. The predicted octanol–water partition coefficient (Wildman–Crippen LogP) is 1.60. The molecule has 1 atom stereocenters. The minimum Gasteiger partial charge on any atom is -0.465 e. The number of carbonyl (C=O) groups excluding carboxylic acids is 1. The molecule has 1 aliphatic heterocycles. The first-order chi connectivity index (χ1) is 9.29. The van der Waals surface area contributed by atoms with Crippen LogP contribution in [-0.4, -0.2) is 27.2 Å². The molecule has 1 aromatic rings. The number of sulfone groups is 1. The number of aryl methyl sites for hydroxylation is 1. The summed E-state index contributed by atoms with van der Waals surface area (Å²) >= 11 is 0. The molecule has 0 spiro atoms. The van der Waals surface area contributed by atoms with Crippen LogP contribution in [0.4, 0.5) is 0 Å². The van der Waals surface area contributed by atoms with Crippen molar-refractivity contribution in [3.8, 4) is 6.07 Å². The quantitative estimate of drug-likeness (QED) is 0.773. The van der Waals surface area contributed by atoms with Crippen molar-refractivity contribution in [2.24, 2.45) is 0 Å². The fourth-order valence-electron chi connectivity index (χ4n) is 2.53. The molecule has 0 saturated carbocycles. The van der Waals surface area contributed by atoms with Crippen molar-refractivity contribution < 1.29 is 17.9 Å². The molecule has 6 heteroatoms. The molecule has 106 valence electrons. The predicted molar refractivity (Wildman–Crippen MR) is 72.2 cm³/mol. The Hall–Kier alpha value is -1.87. The Morgan fingerprint density at radius 1 is 1.50 bits per heavy atom. The maximum Gasteiger partial charge on any atom is 0.338 e. The third kappa shape index (κ3) is 1.98. The largest absolute Gasteiger partial charge is 0.465 e. The molecule has 0 fully saturated rings. The van der Waals surface area contributed by atoms with Crippen molar-refractivity contribution in [2.75, 3.05) is 12.9 Å². The van der Waals surface area contributed by atoms with Gasteiger partial charge >= 0.3 is 5.97 Å². The van der Waals surface area contributed by atoms with Gasteiger partial charge in [0.05, 0.1) is 34.8 Å². The molecule has 20 heavy (non-hydrogen) atoms. The van der Waals surface area contributed by atoms with Crippen LogP contribution in [0.1, 0.15) is 35.3 Å². The standard InChI is InChI=1S/C14H15NO4S/c1-4-9-5-11-12(6-10(9)13(16)19-3)20(17,18)8-14(11,2)7-15/h5-6H,4,8H2,1-3H3. The van der Waals surface area contributed by atoms with E-state index in [0.29, 0.717) is 17.5 Å². The van der Waals surface area contributed by atoms with Gasteiger partial charge in [-0.05, 0) is 30.5 Å². The van der Waals surface area contributed by atoms with Crippen molar-refractivity contribution in [2.45, 2.75) is 30.6 Å². The normalized spacial score (nSPS) is 22.9. The highest BCUT2D eigenvalue weighted by Crippen LogP contribution is 2.41. The summed E-state index contributed by atoms with van der Waals surface area (Å²) in [7, 11) is -2.29. The van der Waals surface area contributed by atoms with E-state index in [-0.39, 0.29) is 16.2 Å². The molecule has 1 heterocycles. The lowest BCUT2D eigenvalue weighted by atomic mass is 9.84. The Balaban J connectivity index is 2.80. The highest BCUT2D eigenvalue weighted by Gasteiger charge is 2.45. The smallest absolute Gasteiger partial charge is 0.338 e. The molecule has 0 N–H and O–H groups in total. The Labute approximate surface area is 118 Å². The molecule has 1 unspecified atom stereocenters. The number of methoxy groups -OCH3 is 1. The van der Waals surface area contributed by atoms with Crippen LogP contribution in [0.2, 0.25) is 0 Å². The van der Waals surface area contributed by atoms with Gasteiger partial charge in [-0.25, -0.2) is 13.2 Å². The Bertz CT molecular complexity index is 730. The van der Waals surface area contributed by atoms with Gasteiger partial charge < -0.3 is 4.74 Å². The first-order valence-corrected chi connectivity index (χ1v) is 7.84. The van der Waals surface area contributed by atoms with Gasteiger partial charge in [0.2, 0.25) is 0 Å². The van der Waals surface area contributed by atoms with Crippen LogP contribution in [0.15, 0.2) is 17.0 Å². The molecule has 5 nitrogen and oxygen atoms in total. The Morgan fingerprint density at radius 2 is 2.15 bits per heavy atom. The summed E-state index contributed by atoms with van der Waals surface area (Å²) in [6.45, 7) is 3.47. The van der Waals surface area contributed by atoms with Gasteiger partial charge in [0.1, 0.15) is 0 Å². The average molecular weight is 293 g/mol. The molecule has 2 rings (SSSR count). The first-order valence-electron chi connectivity index (χ1n) is 6.19. The lowest BCUT2D eigenvalue weighted by Gasteiger charge is -2.15. The van der Waals surface area contributed by atoms with Gasteiger partial charge in [-0.3, -0.25) is 0 Å². The van der Waals surface area contributed by atoms with Crippen molar-refractivity contribution in [3.63, 3.8) is 0 Å². The van der Waals surface area contributed by atoms with E-state index >= 15 is 0 Å². The summed E-state index contributed by atoms with van der Waals surface area (Å²) in [4.78, 5) is 11.8. The fraction of sp³-hybridized carbons (Fsp3) is 0.429. The third-order valence-electron chi connectivity index (χ3n) is 3.65. The zero-order valence-electron chi connectivity index (χ0n) is 11.6. The lowest BCUT2D eigenvalue weighted by Crippen LogP contribution is -2.21. The van der Waals surface area contributed by atoms with Gasteiger partial charge in [0.25, 0.3) is 0 Å². The highest BCUT2D eigenvalue weighted by atomic mass is 32.2. The molecule has 0 amide bonds. The van der Waals surface area contributed by atoms with Crippen LogP contribution < -0.4 is 0 Å². The number of nitriles is 1. The summed E-state index contributed by atoms with van der Waals surface area (Å²) in [6.07, 6.45) is 0.555. The zero-order valence-corrected chi connectivity index (χ0v) is 12.4. The SMILES string of the molecule is CCc1cc2c(cc1C(=O)OC)S(=O)(=O)CC2(C)C#N. The topological polar surface area (TPSA) is 84.2 Å². The summed E-state index contributed by atoms with van der Waals surface area (Å²) in [5, 5.41) is 9.29. The average Bonchev–Trinajstić information content (AvgIpc) is 2.63. The molecule has 0 bridgehead atoms. The van der Waals surface area contributed by atoms with Crippen molar-refractivity contribution in [3.05, 3.63) is 28.8 Å². The number of rotatable bonds is 2. The van der Waals surface area contributed by atoms with Gasteiger partial charge in [0, 0.05) is 0 Å². The Morgan fingerprint density at radius 3 is 2.65 bits per heavy atom. The summed E-state index contributed by atoms with van der Waals surface area (Å²) in [5.41, 5.74) is 0.352. The van der Waals surface area contributed by atoms with Gasteiger partial charge in [-0.2, -0.15) is 5.26 Å². The van der Waals surface area contributed by atoms with E-state index in [4.69, 9.17) is 0 Å². The van der Waals surface area contributed by atoms with Crippen molar-refractivity contribution >= 4 is 15.8 Å². The summed E-state index contributed by atoms with van der Waals surface area (Å²) in [6, 6.07) is 5.06. The number of hydrogen-bond donors (Lipinski definition) is 0. The molecule has 0 saturated heterocycles. The van der Waals surface area contributed by atoms with Crippen LogP contribution in [0.5, 0.6) is 0 Å². The van der Waals surface area contributed by atoms with E-state index in [9.17, 15) is 18.5 Å². The van der Waals surface area contributed by atoms with Crippen LogP contribution in [0.3, 0.4) is 0 Å². The highest BCUT2D eigenvalue weighted by molar-refractivity contribution is 7.91. The first kappa shape index (κ1) is 14.5. The summed E-state index contributed by atoms with van der Waals surface area (Å²) in [5.74, 6) is -0.815. The zero-order chi connectivity index (χ0) is 15.1. The van der Waals surface area contributed by atoms with E-state index < -0.39 is 21.2 Å². The van der Waals surface area contributed by atoms with Crippen LogP contribution in [-0.2, 0) is 26.4 Å². The number of fused-ring (bicyclic) bond motifs is 1.